The van der Waals surface area contributed by atoms with Crippen LogP contribution in [-0.2, 0) is 9.59 Å². The number of nitrogens with one attached hydrogen (secondary N) is 1. The van der Waals surface area contributed by atoms with Crippen LogP contribution in [-0.4, -0.2) is 71.9 Å². The molecule has 0 bridgehead atoms. The quantitative estimate of drug-likeness (QED) is 0.596. The van der Waals surface area contributed by atoms with Crippen molar-refractivity contribution in [1.82, 2.24) is 5.32 Å². The van der Waals surface area contributed by atoms with E-state index in [1.165, 1.54) is 0 Å². The number of carboxylic acids is 1. The van der Waals surface area contributed by atoms with E-state index in [1.807, 2.05) is 0 Å². The van der Waals surface area contributed by atoms with E-state index in [1.54, 1.807) is 0 Å². The number of hydrogen-bond acceptors (Lipinski definition) is 2. The van der Waals surface area contributed by atoms with E-state index in [0.717, 1.165) is 0 Å². The summed E-state index contributed by atoms with van der Waals surface area (Å²) in [5.74, 6) is -1.11. The van der Waals surface area contributed by atoms with E-state index in [2.05, 4.69) is 5.32 Å². The molecule has 0 unspecified atom stereocenters. The largest absolute Gasteiger partial charge is 0.480 e. The number of amides is 1. The molecule has 0 saturated carbocycles. The number of hydrogen-bond donors (Lipinski definition) is 2. The van der Waals surface area contributed by atoms with Crippen molar-refractivity contribution in [2.45, 2.75) is 18.9 Å². The van der Waals surface area contributed by atoms with E-state index in [0.29, 0.717) is 12.8 Å². The molecule has 2 radical (unpaired) electrons. The minimum Gasteiger partial charge on any atom is -0.480 e. The zero-order valence-electron chi connectivity index (χ0n) is 5.46. The molecule has 1 heterocycles. The number of rotatable bonds is 1. The van der Waals surface area contributed by atoms with Crippen LogP contribution >= 0.6 is 0 Å². The van der Waals surface area contributed by atoms with Gasteiger partial charge in [0.2, 0.25) is 5.91 Å². The predicted molar refractivity (Wildman–Crippen MR) is 34.6 cm³/mol. The summed E-state index contributed by atoms with van der Waals surface area (Å²) in [7, 11) is 0. The fourth-order valence-electron chi connectivity index (χ4n) is 0.799. The molecule has 1 aliphatic heterocycles. The van der Waals surface area contributed by atoms with Gasteiger partial charge in [-0.2, -0.15) is 0 Å². The van der Waals surface area contributed by atoms with Crippen molar-refractivity contribution in [2.75, 3.05) is 0 Å². The summed E-state index contributed by atoms with van der Waals surface area (Å²) >= 11 is 0. The van der Waals surface area contributed by atoms with Crippen molar-refractivity contribution in [3.63, 3.8) is 0 Å². The molecule has 0 aromatic carbocycles. The number of carboxylic acid groups (broad SMARTS) is 1. The van der Waals surface area contributed by atoms with Gasteiger partial charge in [-0.25, -0.2) is 4.79 Å². The van der Waals surface area contributed by atoms with Gasteiger partial charge in [-0.05, 0) is 6.42 Å². The molecule has 4 nitrogen and oxygen atoms in total. The first-order valence-electron chi connectivity index (χ1n) is 2.72. The second kappa shape index (κ2) is 4.40. The van der Waals surface area contributed by atoms with Crippen LogP contribution in [0.5, 0.6) is 0 Å². The van der Waals surface area contributed by atoms with E-state index >= 15 is 0 Å². The summed E-state index contributed by atoms with van der Waals surface area (Å²) in [6, 6.07) is -0.641. The molecule has 1 atom stereocenters. The summed E-state index contributed by atoms with van der Waals surface area (Å²) in [5, 5.41) is 10.6. The Morgan fingerprint density at radius 1 is 1.70 bits per heavy atom. The van der Waals surface area contributed by atoms with Crippen LogP contribution in [0.25, 0.3) is 0 Å². The first-order chi connectivity index (χ1) is 4.20. The summed E-state index contributed by atoms with van der Waals surface area (Å²) in [5.41, 5.74) is 0. The van der Waals surface area contributed by atoms with Crippen molar-refractivity contribution >= 4 is 60.8 Å². The Kier molecular flexibility index (Phi) is 4.63. The van der Waals surface area contributed by atoms with Crippen LogP contribution in [0, 0.1) is 0 Å². The molecular formula is C5H7BaNO3. The minimum atomic E-state index is -0.944. The Hall–Kier alpha value is 0.511. The maximum Gasteiger partial charge on any atom is 0.326 e. The Morgan fingerprint density at radius 2 is 2.30 bits per heavy atom. The summed E-state index contributed by atoms with van der Waals surface area (Å²) in [6.45, 7) is 0. The van der Waals surface area contributed by atoms with E-state index in [4.69, 9.17) is 5.11 Å². The van der Waals surface area contributed by atoms with Gasteiger partial charge in [0.15, 0.2) is 0 Å². The van der Waals surface area contributed by atoms with Crippen molar-refractivity contribution in [3.05, 3.63) is 0 Å². The average Bonchev–Trinajstić information content (AvgIpc) is 2.14. The van der Waals surface area contributed by atoms with Gasteiger partial charge in [-0.15, -0.1) is 0 Å². The van der Waals surface area contributed by atoms with Gasteiger partial charge in [-0.1, -0.05) is 0 Å². The summed E-state index contributed by atoms with van der Waals surface area (Å²) in [4.78, 5) is 20.5. The molecule has 1 amide bonds. The van der Waals surface area contributed by atoms with Crippen LogP contribution in [0.2, 0.25) is 0 Å². The Morgan fingerprint density at radius 3 is 2.50 bits per heavy atom. The number of carbonyl (C=O) groups is 2. The van der Waals surface area contributed by atoms with Crippen molar-refractivity contribution < 1.29 is 14.7 Å². The molecule has 1 fully saturated rings. The third kappa shape index (κ3) is 2.63. The zero-order chi connectivity index (χ0) is 6.85. The van der Waals surface area contributed by atoms with Gasteiger partial charge in [-0.3, -0.25) is 4.79 Å². The van der Waals surface area contributed by atoms with Crippen molar-refractivity contribution in [1.29, 1.82) is 0 Å². The SMILES string of the molecule is O=C1CC[C@@H](C(=O)O)N1.[Ba]. The number of carbonyl (C=O) groups excluding carboxylic acids is 1. The van der Waals surface area contributed by atoms with Crippen LogP contribution in [0.1, 0.15) is 12.8 Å². The van der Waals surface area contributed by atoms with Crippen LogP contribution < -0.4 is 5.32 Å². The van der Waals surface area contributed by atoms with Gasteiger partial charge < -0.3 is 10.4 Å². The maximum absolute atomic E-state index is 10.4. The van der Waals surface area contributed by atoms with E-state index < -0.39 is 12.0 Å². The Balaban J connectivity index is 0.000000810. The molecule has 2 N–H and O–H groups in total. The third-order valence-electron chi connectivity index (χ3n) is 1.29. The van der Waals surface area contributed by atoms with E-state index in [-0.39, 0.29) is 54.8 Å². The van der Waals surface area contributed by atoms with Crippen molar-refractivity contribution in [3.8, 4) is 0 Å². The van der Waals surface area contributed by atoms with Gasteiger partial charge in [0.25, 0.3) is 0 Å². The van der Waals surface area contributed by atoms with Crippen molar-refractivity contribution in [2.24, 2.45) is 0 Å². The van der Waals surface area contributed by atoms with Gasteiger partial charge in [0.05, 0.1) is 0 Å². The molecular weight excluding hydrogens is 259 g/mol. The average molecular weight is 266 g/mol. The van der Waals surface area contributed by atoms with Crippen LogP contribution in [0.3, 0.4) is 0 Å². The molecule has 1 aliphatic rings. The van der Waals surface area contributed by atoms with Crippen LogP contribution in [0.15, 0.2) is 0 Å². The topological polar surface area (TPSA) is 66.4 Å². The first kappa shape index (κ1) is 10.5. The first-order valence-corrected chi connectivity index (χ1v) is 2.72. The fourth-order valence-corrected chi connectivity index (χ4v) is 0.799. The normalized spacial score (nSPS) is 23.2. The summed E-state index contributed by atoms with van der Waals surface area (Å²) < 4.78 is 0. The van der Waals surface area contributed by atoms with E-state index in [9.17, 15) is 9.59 Å². The minimum absolute atomic E-state index is 0. The second-order valence-electron chi connectivity index (χ2n) is 2.00. The molecule has 1 rings (SSSR count). The van der Waals surface area contributed by atoms with Gasteiger partial charge >= 0.3 is 5.97 Å². The maximum atomic E-state index is 10.4. The van der Waals surface area contributed by atoms with Gasteiger partial charge in [0, 0.05) is 55.3 Å². The summed E-state index contributed by atoms with van der Waals surface area (Å²) in [6.07, 6.45) is 0.769. The molecule has 5 heteroatoms. The zero-order valence-corrected chi connectivity index (χ0v) is 9.90. The molecule has 0 aliphatic carbocycles. The molecule has 52 valence electrons. The molecule has 0 aromatic rings. The Labute approximate surface area is 98.4 Å². The smallest absolute Gasteiger partial charge is 0.326 e. The third-order valence-corrected chi connectivity index (χ3v) is 1.29. The molecule has 0 aromatic heterocycles. The van der Waals surface area contributed by atoms with Crippen LogP contribution in [0.4, 0.5) is 0 Å². The monoisotopic (exact) mass is 267 g/mol. The fraction of sp³-hybridized carbons (Fsp3) is 0.600. The Bertz CT molecular complexity index is 159. The predicted octanol–water partition coefficient (Wildman–Crippen LogP) is -1.03. The van der Waals surface area contributed by atoms with Gasteiger partial charge in [0.1, 0.15) is 6.04 Å². The number of aliphatic carboxylic acids is 1. The molecule has 10 heavy (non-hydrogen) atoms. The standard InChI is InChI=1S/C5H7NO3.Ba/c7-4-2-1-3(6-4)5(8)9;/h3H,1-2H2,(H,6,7)(H,8,9);/t3-;/m0./s1. The second-order valence-corrected chi connectivity index (χ2v) is 2.00. The molecule has 0 spiro atoms. The molecule has 1 saturated heterocycles.